The molecule has 0 aromatic carbocycles. The molecule has 6 rings (SSSR count). The Morgan fingerprint density at radius 1 is 0.978 bits per heavy atom. The maximum atomic E-state index is 14.0. The number of alkyl halides is 7. The molecule has 46 heavy (non-hydrogen) atoms. The number of carbonyl (C=O) groups excluding carboxylic acids is 2. The highest BCUT2D eigenvalue weighted by atomic mass is 19.4. The molecule has 0 saturated heterocycles. The van der Waals surface area contributed by atoms with Gasteiger partial charge in [0.05, 0.1) is 36.6 Å². The number of fused-ring (bicyclic) bond motifs is 1. The summed E-state index contributed by atoms with van der Waals surface area (Å²) < 4.78 is 95.0. The summed E-state index contributed by atoms with van der Waals surface area (Å²) in [5.41, 5.74) is 1.32. The van der Waals surface area contributed by atoms with E-state index in [9.17, 15) is 40.3 Å². The molecule has 3 aliphatic rings. The molecular weight excluding hydrogens is 623 g/mol. The molecule has 3 heterocycles. The van der Waals surface area contributed by atoms with Crippen LogP contribution < -0.4 is 10.6 Å². The fourth-order valence-electron chi connectivity index (χ4n) is 6.45. The first-order valence-corrected chi connectivity index (χ1v) is 15.4. The van der Waals surface area contributed by atoms with E-state index >= 15 is 0 Å². The van der Waals surface area contributed by atoms with Crippen LogP contribution >= 0.6 is 0 Å². The van der Waals surface area contributed by atoms with Crippen LogP contribution in [0, 0.1) is 17.8 Å². The average molecular weight is 658 g/mol. The van der Waals surface area contributed by atoms with Gasteiger partial charge < -0.3 is 10.6 Å². The third-order valence-corrected chi connectivity index (χ3v) is 9.11. The molecule has 2 atom stereocenters. The summed E-state index contributed by atoms with van der Waals surface area (Å²) in [6.45, 7) is -0.461. The monoisotopic (exact) mass is 657 g/mol. The van der Waals surface area contributed by atoms with Crippen LogP contribution in [0.4, 0.5) is 30.7 Å². The number of imidazole rings is 1. The van der Waals surface area contributed by atoms with Gasteiger partial charge in [-0.2, -0.15) is 23.4 Å². The van der Waals surface area contributed by atoms with Crippen molar-refractivity contribution in [3.63, 3.8) is 0 Å². The number of amides is 2. The fourth-order valence-corrected chi connectivity index (χ4v) is 6.45. The summed E-state index contributed by atoms with van der Waals surface area (Å²) in [4.78, 5) is 30.6. The summed E-state index contributed by atoms with van der Waals surface area (Å²) in [7, 11) is 0. The van der Waals surface area contributed by atoms with Gasteiger partial charge in [0.15, 0.2) is 5.65 Å². The topological polar surface area (TPSA) is 106 Å². The Balaban J connectivity index is 1.20. The molecule has 3 fully saturated rings. The second-order valence-electron chi connectivity index (χ2n) is 12.9. The predicted octanol–water partition coefficient (Wildman–Crippen LogP) is 6.18. The molecule has 3 aliphatic carbocycles. The number of nitrogens with one attached hydrogen (secondary N) is 2. The Kier molecular flexibility index (Phi) is 8.51. The average Bonchev–Trinajstić information content (AvgIpc) is 3.52. The lowest BCUT2D eigenvalue weighted by Gasteiger charge is -2.34. The van der Waals surface area contributed by atoms with Gasteiger partial charge in [-0.25, -0.2) is 27.1 Å². The van der Waals surface area contributed by atoms with Crippen LogP contribution in [-0.4, -0.2) is 54.2 Å². The molecule has 0 radical (unpaired) electrons. The van der Waals surface area contributed by atoms with E-state index in [1.807, 2.05) is 0 Å². The van der Waals surface area contributed by atoms with Crippen LogP contribution in [-0.2, 0) is 11.3 Å². The molecule has 3 saturated carbocycles. The SMILES string of the molecule is O=C(CC1CC(F)(F)C1)N[C@@H](c1cnn2cc([C@@H](NC(=O)c3ccn(CCC(F)(F)F)n3)C3CCC(F)(F)CC3)nc2c1)C1CC1. The van der Waals surface area contributed by atoms with Crippen molar-refractivity contribution in [1.29, 1.82) is 0 Å². The molecule has 0 bridgehead atoms. The maximum absolute atomic E-state index is 14.0. The van der Waals surface area contributed by atoms with Crippen molar-refractivity contribution in [1.82, 2.24) is 35.0 Å². The van der Waals surface area contributed by atoms with Gasteiger partial charge in [-0.3, -0.25) is 14.3 Å². The largest absolute Gasteiger partial charge is 0.390 e. The molecule has 9 nitrogen and oxygen atoms in total. The Labute approximate surface area is 259 Å². The lowest BCUT2D eigenvalue weighted by atomic mass is 9.79. The summed E-state index contributed by atoms with van der Waals surface area (Å²) in [6, 6.07) is 1.84. The molecule has 2 amide bonds. The smallest absolute Gasteiger partial charge is 0.349 e. The van der Waals surface area contributed by atoms with Gasteiger partial charge in [0.1, 0.15) is 5.69 Å². The third-order valence-electron chi connectivity index (χ3n) is 9.11. The minimum atomic E-state index is -4.39. The van der Waals surface area contributed by atoms with Gasteiger partial charge >= 0.3 is 6.18 Å². The van der Waals surface area contributed by atoms with E-state index < -0.39 is 48.9 Å². The van der Waals surface area contributed by atoms with Crippen LogP contribution in [0.25, 0.3) is 5.65 Å². The zero-order valence-electron chi connectivity index (χ0n) is 24.7. The maximum Gasteiger partial charge on any atom is 0.390 e. The van der Waals surface area contributed by atoms with Crippen LogP contribution in [0.3, 0.4) is 0 Å². The quantitative estimate of drug-likeness (QED) is 0.240. The van der Waals surface area contributed by atoms with Gasteiger partial charge in [-0.15, -0.1) is 0 Å². The van der Waals surface area contributed by atoms with Crippen LogP contribution in [0.2, 0.25) is 0 Å². The Morgan fingerprint density at radius 3 is 2.33 bits per heavy atom. The Hall–Kier alpha value is -3.72. The van der Waals surface area contributed by atoms with Crippen molar-refractivity contribution < 1.29 is 40.3 Å². The first-order valence-electron chi connectivity index (χ1n) is 15.4. The molecule has 3 aromatic rings. The van der Waals surface area contributed by atoms with E-state index in [4.69, 9.17) is 0 Å². The van der Waals surface area contributed by atoms with E-state index in [0.717, 1.165) is 17.5 Å². The molecular formula is C30H34F7N7O2. The fraction of sp³-hybridized carbons (Fsp3) is 0.633. The molecule has 16 heteroatoms. The first-order chi connectivity index (χ1) is 21.6. The number of rotatable bonds is 11. The lowest BCUT2D eigenvalue weighted by Crippen LogP contribution is -2.39. The number of aryl methyl sites for hydroxylation is 1. The van der Waals surface area contributed by atoms with Crippen molar-refractivity contribution >= 4 is 17.5 Å². The summed E-state index contributed by atoms with van der Waals surface area (Å²) in [5, 5.41) is 14.2. The van der Waals surface area contributed by atoms with Crippen molar-refractivity contribution in [2.75, 3.05) is 0 Å². The second kappa shape index (κ2) is 12.1. The number of nitrogens with zero attached hydrogens (tertiary/aromatic N) is 5. The van der Waals surface area contributed by atoms with E-state index in [0.29, 0.717) is 16.9 Å². The highest BCUT2D eigenvalue weighted by Crippen LogP contribution is 2.45. The van der Waals surface area contributed by atoms with E-state index in [1.54, 1.807) is 18.5 Å². The van der Waals surface area contributed by atoms with Gasteiger partial charge in [0, 0.05) is 44.8 Å². The molecule has 0 aliphatic heterocycles. The Bertz CT molecular complexity index is 1560. The van der Waals surface area contributed by atoms with E-state index in [-0.39, 0.29) is 74.4 Å². The normalized spacial score (nSPS) is 21.5. The molecule has 250 valence electrons. The van der Waals surface area contributed by atoms with Crippen LogP contribution in [0.15, 0.2) is 30.7 Å². The molecule has 2 N–H and O–H groups in total. The van der Waals surface area contributed by atoms with Gasteiger partial charge in [-0.05, 0) is 61.1 Å². The first kappa shape index (κ1) is 32.2. The number of hydrogen-bond donors (Lipinski definition) is 2. The standard InChI is InChI=1S/C30H34F7N7O2/c31-28(32)6-3-19(4-7-28)26(41-27(46)21-5-9-43(42-21)10-8-30(35,36)37)22-16-44-23(39-22)12-20(15-38-44)25(18-1-2-18)40-24(45)11-17-13-29(33,34)14-17/h5,9,12,15-19,25-26H,1-4,6-8,10-11,13-14H2,(H,40,45)(H,41,46)/t25-,26+/m1/s1. The number of halogens is 7. The Morgan fingerprint density at radius 2 is 1.67 bits per heavy atom. The van der Waals surface area contributed by atoms with E-state index in [1.165, 1.54) is 16.8 Å². The van der Waals surface area contributed by atoms with Gasteiger partial charge in [0.25, 0.3) is 5.91 Å². The highest BCUT2D eigenvalue weighted by molar-refractivity contribution is 5.92. The van der Waals surface area contributed by atoms with Gasteiger partial charge in [0.2, 0.25) is 17.8 Å². The summed E-state index contributed by atoms with van der Waals surface area (Å²) in [5.74, 6) is -7.11. The zero-order valence-corrected chi connectivity index (χ0v) is 24.7. The molecule has 0 spiro atoms. The number of hydrogen-bond acceptors (Lipinski definition) is 5. The highest BCUT2D eigenvalue weighted by Gasteiger charge is 2.46. The predicted molar refractivity (Wildman–Crippen MR) is 149 cm³/mol. The van der Waals surface area contributed by atoms with Crippen molar-refractivity contribution in [3.05, 3.63) is 47.7 Å². The third kappa shape index (κ3) is 7.80. The molecule has 0 unspecified atom stereocenters. The number of carbonyl (C=O) groups is 2. The lowest BCUT2D eigenvalue weighted by molar-refractivity contribution is -0.137. The van der Waals surface area contributed by atoms with E-state index in [2.05, 4.69) is 25.8 Å². The minimum absolute atomic E-state index is 0.0182. The van der Waals surface area contributed by atoms with Gasteiger partial charge in [-0.1, -0.05) is 0 Å². The van der Waals surface area contributed by atoms with Crippen molar-refractivity contribution in [2.45, 2.75) is 101 Å². The zero-order chi connectivity index (χ0) is 32.9. The summed E-state index contributed by atoms with van der Waals surface area (Å²) >= 11 is 0. The molecule has 3 aromatic heterocycles. The number of aromatic nitrogens is 5. The van der Waals surface area contributed by atoms with Crippen LogP contribution in [0.1, 0.15) is 98.0 Å². The summed E-state index contributed by atoms with van der Waals surface area (Å²) in [6.07, 6.45) is -0.412. The minimum Gasteiger partial charge on any atom is -0.349 e. The van der Waals surface area contributed by atoms with Crippen molar-refractivity contribution in [2.24, 2.45) is 17.8 Å². The second-order valence-corrected chi connectivity index (χ2v) is 12.9. The van der Waals surface area contributed by atoms with Crippen molar-refractivity contribution in [3.8, 4) is 0 Å². The van der Waals surface area contributed by atoms with Crippen LogP contribution in [0.5, 0.6) is 0 Å².